The van der Waals surface area contributed by atoms with Crippen molar-refractivity contribution in [3.63, 3.8) is 0 Å². The Balaban J connectivity index is 1.55. The molecule has 0 saturated carbocycles. The van der Waals surface area contributed by atoms with Gasteiger partial charge >= 0.3 is 0 Å². The van der Waals surface area contributed by atoms with Crippen molar-refractivity contribution < 1.29 is 9.32 Å². The Kier molecular flexibility index (Phi) is 5.53. The van der Waals surface area contributed by atoms with E-state index in [1.54, 1.807) is 0 Å². The van der Waals surface area contributed by atoms with E-state index in [9.17, 15) is 4.79 Å². The van der Waals surface area contributed by atoms with Crippen LogP contribution >= 0.6 is 0 Å². The minimum atomic E-state index is 0.225. The van der Waals surface area contributed by atoms with Crippen LogP contribution in [0.3, 0.4) is 0 Å². The molecule has 5 nitrogen and oxygen atoms in total. The third kappa shape index (κ3) is 4.48. The van der Waals surface area contributed by atoms with Crippen molar-refractivity contribution in [2.75, 3.05) is 26.2 Å². The van der Waals surface area contributed by atoms with Crippen molar-refractivity contribution in [3.05, 3.63) is 52.4 Å². The summed E-state index contributed by atoms with van der Waals surface area (Å²) in [5.74, 6) is 1.12. The van der Waals surface area contributed by atoms with E-state index in [0.717, 1.165) is 56.2 Å². The van der Waals surface area contributed by atoms with Gasteiger partial charge < -0.3 is 9.42 Å². The van der Waals surface area contributed by atoms with Crippen LogP contribution in [0.25, 0.3) is 0 Å². The third-order valence-electron chi connectivity index (χ3n) is 4.98. The van der Waals surface area contributed by atoms with Gasteiger partial charge in [-0.1, -0.05) is 35.0 Å². The monoisotopic (exact) mass is 341 g/mol. The summed E-state index contributed by atoms with van der Waals surface area (Å²) in [5.41, 5.74) is 4.46. The Labute approximate surface area is 149 Å². The van der Waals surface area contributed by atoms with E-state index in [1.165, 1.54) is 11.1 Å². The Morgan fingerprint density at radius 2 is 1.84 bits per heavy atom. The van der Waals surface area contributed by atoms with Crippen LogP contribution in [0.5, 0.6) is 0 Å². The van der Waals surface area contributed by atoms with E-state index >= 15 is 0 Å². The van der Waals surface area contributed by atoms with E-state index in [1.807, 2.05) is 18.7 Å². The van der Waals surface area contributed by atoms with Crippen LogP contribution < -0.4 is 0 Å². The first-order valence-electron chi connectivity index (χ1n) is 9.00. The van der Waals surface area contributed by atoms with Gasteiger partial charge in [-0.15, -0.1) is 0 Å². The van der Waals surface area contributed by atoms with Crippen molar-refractivity contribution in [3.8, 4) is 0 Å². The second kappa shape index (κ2) is 7.83. The van der Waals surface area contributed by atoms with E-state index in [2.05, 4.69) is 41.2 Å². The molecule has 1 saturated heterocycles. The average Bonchev–Trinajstić information content (AvgIpc) is 2.79. The number of aromatic nitrogens is 1. The SMILES string of the molecule is Cc1ccc(CC(=O)N2CCCN(Cc3c(C)noc3C)CC2)cc1. The molecule has 1 aliphatic heterocycles. The zero-order valence-corrected chi connectivity index (χ0v) is 15.4. The van der Waals surface area contributed by atoms with Crippen molar-refractivity contribution in [2.45, 2.75) is 40.2 Å². The van der Waals surface area contributed by atoms with E-state index in [4.69, 9.17) is 4.52 Å². The molecular formula is C20H27N3O2. The quantitative estimate of drug-likeness (QED) is 0.858. The highest BCUT2D eigenvalue weighted by atomic mass is 16.5. The zero-order chi connectivity index (χ0) is 17.8. The highest BCUT2D eigenvalue weighted by Crippen LogP contribution is 2.16. The highest BCUT2D eigenvalue weighted by Gasteiger charge is 2.21. The smallest absolute Gasteiger partial charge is 0.227 e. The van der Waals surface area contributed by atoms with Crippen LogP contribution in [0.2, 0.25) is 0 Å². The maximum atomic E-state index is 12.6. The lowest BCUT2D eigenvalue weighted by molar-refractivity contribution is -0.130. The molecule has 0 radical (unpaired) electrons. The van der Waals surface area contributed by atoms with Crippen LogP contribution in [0.4, 0.5) is 0 Å². The highest BCUT2D eigenvalue weighted by molar-refractivity contribution is 5.78. The van der Waals surface area contributed by atoms with Gasteiger partial charge in [-0.05, 0) is 32.8 Å². The molecule has 3 rings (SSSR count). The number of aryl methyl sites for hydroxylation is 3. The topological polar surface area (TPSA) is 49.6 Å². The third-order valence-corrected chi connectivity index (χ3v) is 4.98. The summed E-state index contributed by atoms with van der Waals surface area (Å²) in [7, 11) is 0. The lowest BCUT2D eigenvalue weighted by Gasteiger charge is -2.22. The van der Waals surface area contributed by atoms with Gasteiger partial charge in [0, 0.05) is 38.3 Å². The summed E-state index contributed by atoms with van der Waals surface area (Å²) in [6.45, 7) is 10.4. The molecule has 0 bridgehead atoms. The molecular weight excluding hydrogens is 314 g/mol. The molecule has 1 aromatic carbocycles. The minimum absolute atomic E-state index is 0.225. The number of rotatable bonds is 4. The molecule has 0 unspecified atom stereocenters. The van der Waals surface area contributed by atoms with Gasteiger partial charge in [0.2, 0.25) is 5.91 Å². The number of hydrogen-bond donors (Lipinski definition) is 0. The van der Waals surface area contributed by atoms with Gasteiger partial charge in [0.25, 0.3) is 0 Å². The van der Waals surface area contributed by atoms with Gasteiger partial charge in [-0.3, -0.25) is 9.69 Å². The summed E-state index contributed by atoms with van der Waals surface area (Å²) in [5, 5.41) is 4.04. The predicted octanol–water partition coefficient (Wildman–Crippen LogP) is 2.88. The first-order chi connectivity index (χ1) is 12.0. The van der Waals surface area contributed by atoms with Crippen molar-refractivity contribution >= 4 is 5.91 Å². The summed E-state index contributed by atoms with van der Waals surface area (Å²) < 4.78 is 5.26. The Morgan fingerprint density at radius 3 is 2.52 bits per heavy atom. The fourth-order valence-corrected chi connectivity index (χ4v) is 3.32. The maximum absolute atomic E-state index is 12.6. The van der Waals surface area contributed by atoms with Crippen LogP contribution in [0, 0.1) is 20.8 Å². The molecule has 1 aromatic heterocycles. The summed E-state index contributed by atoms with van der Waals surface area (Å²) in [6.07, 6.45) is 1.49. The molecule has 25 heavy (non-hydrogen) atoms. The maximum Gasteiger partial charge on any atom is 0.227 e. The summed E-state index contributed by atoms with van der Waals surface area (Å²) in [4.78, 5) is 17.0. The molecule has 1 fully saturated rings. The van der Waals surface area contributed by atoms with Crippen molar-refractivity contribution in [1.29, 1.82) is 0 Å². The fraction of sp³-hybridized carbons (Fsp3) is 0.500. The minimum Gasteiger partial charge on any atom is -0.361 e. The number of amides is 1. The number of carbonyl (C=O) groups excluding carboxylic acids is 1. The molecule has 0 atom stereocenters. The Hall–Kier alpha value is -2.14. The van der Waals surface area contributed by atoms with Gasteiger partial charge in [0.1, 0.15) is 5.76 Å². The molecule has 134 valence electrons. The van der Waals surface area contributed by atoms with Gasteiger partial charge in [0.05, 0.1) is 12.1 Å². The second-order valence-corrected chi connectivity index (χ2v) is 6.98. The van der Waals surface area contributed by atoms with E-state index < -0.39 is 0 Å². The van der Waals surface area contributed by atoms with Crippen molar-refractivity contribution in [1.82, 2.24) is 15.0 Å². The zero-order valence-electron chi connectivity index (χ0n) is 15.4. The number of carbonyl (C=O) groups is 1. The molecule has 2 heterocycles. The number of nitrogens with zero attached hydrogens (tertiary/aromatic N) is 3. The van der Waals surface area contributed by atoms with Crippen LogP contribution in [0.15, 0.2) is 28.8 Å². The van der Waals surface area contributed by atoms with Crippen molar-refractivity contribution in [2.24, 2.45) is 0 Å². The van der Waals surface area contributed by atoms with Crippen LogP contribution in [-0.4, -0.2) is 47.0 Å². The predicted molar refractivity (Wildman–Crippen MR) is 97.3 cm³/mol. The summed E-state index contributed by atoms with van der Waals surface area (Å²) in [6, 6.07) is 8.23. The molecule has 1 aliphatic rings. The molecule has 5 heteroatoms. The lowest BCUT2D eigenvalue weighted by atomic mass is 10.1. The largest absolute Gasteiger partial charge is 0.361 e. The average molecular weight is 341 g/mol. The molecule has 1 amide bonds. The number of benzene rings is 1. The van der Waals surface area contributed by atoms with Gasteiger partial charge in [-0.2, -0.15) is 0 Å². The molecule has 0 N–H and O–H groups in total. The first kappa shape index (κ1) is 17.7. The Morgan fingerprint density at radius 1 is 1.08 bits per heavy atom. The normalized spacial score (nSPS) is 16.0. The lowest BCUT2D eigenvalue weighted by Crippen LogP contribution is -2.36. The van der Waals surface area contributed by atoms with Crippen LogP contribution in [-0.2, 0) is 17.8 Å². The Bertz CT molecular complexity index is 702. The van der Waals surface area contributed by atoms with E-state index in [-0.39, 0.29) is 5.91 Å². The van der Waals surface area contributed by atoms with E-state index in [0.29, 0.717) is 6.42 Å². The fourth-order valence-electron chi connectivity index (χ4n) is 3.32. The molecule has 0 spiro atoms. The van der Waals surface area contributed by atoms with Crippen LogP contribution in [0.1, 0.15) is 34.6 Å². The standard InChI is InChI=1S/C20H27N3O2/c1-15-5-7-18(8-6-15)13-20(24)23-10-4-9-22(11-12-23)14-19-16(2)21-25-17(19)3/h5-8H,4,9-14H2,1-3H3. The van der Waals surface area contributed by atoms with Gasteiger partial charge in [0.15, 0.2) is 0 Å². The summed E-state index contributed by atoms with van der Waals surface area (Å²) >= 11 is 0. The molecule has 0 aliphatic carbocycles. The van der Waals surface area contributed by atoms with Gasteiger partial charge in [-0.25, -0.2) is 0 Å². The second-order valence-electron chi connectivity index (χ2n) is 6.98. The molecule has 2 aromatic rings. The first-order valence-corrected chi connectivity index (χ1v) is 9.00. The number of hydrogen-bond acceptors (Lipinski definition) is 4.